The maximum atomic E-state index is 13.2. The second kappa shape index (κ2) is 10.7. The van der Waals surface area contributed by atoms with E-state index in [4.69, 9.17) is 16.3 Å². The number of carbonyl (C=O) groups excluding carboxylic acids is 2. The summed E-state index contributed by atoms with van der Waals surface area (Å²) in [4.78, 5) is 40.8. The maximum Gasteiger partial charge on any atom is 0.254 e. The van der Waals surface area contributed by atoms with Crippen molar-refractivity contribution in [3.8, 4) is 11.3 Å². The topological polar surface area (TPSA) is 121 Å². The van der Waals surface area contributed by atoms with Crippen molar-refractivity contribution >= 4 is 35.2 Å². The molecular weight excluding hydrogens is 494 g/mol. The second-order valence-corrected chi connectivity index (χ2v) is 9.48. The van der Waals surface area contributed by atoms with Gasteiger partial charge in [-0.05, 0) is 37.6 Å². The number of pyridine rings is 1. The van der Waals surface area contributed by atoms with Gasteiger partial charge >= 0.3 is 0 Å². The molecule has 4 heterocycles. The Morgan fingerprint density at radius 2 is 2.08 bits per heavy atom. The number of aromatic nitrogens is 3. The van der Waals surface area contributed by atoms with Gasteiger partial charge in [-0.1, -0.05) is 29.8 Å². The second-order valence-electron chi connectivity index (χ2n) is 9.07. The third kappa shape index (κ3) is 5.50. The molecule has 0 saturated carbocycles. The van der Waals surface area contributed by atoms with Crippen LogP contribution in [0.1, 0.15) is 41.5 Å². The number of amides is 2. The number of hydrogen-bond donors (Lipinski definition) is 3. The van der Waals surface area contributed by atoms with Crippen LogP contribution in [-0.2, 0) is 16.1 Å². The fraction of sp³-hybridized carbons (Fsp3) is 0.346. The molecule has 2 aromatic heterocycles. The standard InChI is InChI=1S/C26H28ClN7O3/c1-3-28-22-6-4-5-21(32-22)15(2)30-23(35)12-34-11-17-8-7-16(9-19(17)25(34)36)24-20(27)10-29-26(33-24)31-18-13-37-14-18/h4-10,15,18H,3,11-14H2,1-2H3,(H,28,32)(H,30,35)(H,29,31,33)/t15-/m1/s1. The molecule has 37 heavy (non-hydrogen) atoms. The van der Waals surface area contributed by atoms with Crippen molar-refractivity contribution in [2.75, 3.05) is 36.9 Å². The number of nitrogens with zero attached hydrogens (tertiary/aromatic N) is 4. The van der Waals surface area contributed by atoms with Gasteiger partial charge in [0.05, 0.1) is 47.9 Å². The monoisotopic (exact) mass is 521 g/mol. The first-order chi connectivity index (χ1) is 17.9. The molecule has 0 spiro atoms. The Morgan fingerprint density at radius 3 is 2.84 bits per heavy atom. The molecule has 3 aromatic rings. The van der Waals surface area contributed by atoms with Crippen LogP contribution in [0.25, 0.3) is 11.3 Å². The minimum atomic E-state index is -0.299. The zero-order chi connectivity index (χ0) is 25.9. The summed E-state index contributed by atoms with van der Waals surface area (Å²) in [5.41, 5.74) is 3.37. The number of ether oxygens (including phenoxy) is 1. The van der Waals surface area contributed by atoms with E-state index >= 15 is 0 Å². The molecule has 0 bridgehead atoms. The zero-order valence-electron chi connectivity index (χ0n) is 20.6. The first-order valence-corrected chi connectivity index (χ1v) is 12.6. The summed E-state index contributed by atoms with van der Waals surface area (Å²) >= 11 is 6.39. The number of carbonyl (C=O) groups is 2. The summed E-state index contributed by atoms with van der Waals surface area (Å²) in [5.74, 6) is 0.754. The molecule has 2 amide bonds. The van der Waals surface area contributed by atoms with E-state index in [2.05, 4.69) is 30.9 Å². The molecule has 3 N–H and O–H groups in total. The Balaban J connectivity index is 1.25. The minimum absolute atomic E-state index is 0.0497. The first-order valence-electron chi connectivity index (χ1n) is 12.2. The van der Waals surface area contributed by atoms with Gasteiger partial charge in [0.15, 0.2) is 0 Å². The van der Waals surface area contributed by atoms with Crippen molar-refractivity contribution in [2.24, 2.45) is 0 Å². The highest BCUT2D eigenvalue weighted by molar-refractivity contribution is 6.33. The Bertz CT molecular complexity index is 1330. The predicted octanol–water partition coefficient (Wildman–Crippen LogP) is 3.27. The van der Waals surface area contributed by atoms with Crippen LogP contribution in [-0.4, -0.2) is 64.0 Å². The van der Waals surface area contributed by atoms with Crippen molar-refractivity contribution in [1.82, 2.24) is 25.2 Å². The fourth-order valence-corrected chi connectivity index (χ4v) is 4.48. The van der Waals surface area contributed by atoms with E-state index in [1.165, 1.54) is 4.90 Å². The molecular formula is C26H28ClN7O3. The van der Waals surface area contributed by atoms with E-state index in [0.717, 1.165) is 23.6 Å². The summed E-state index contributed by atoms with van der Waals surface area (Å²) in [6, 6.07) is 11.0. The average molecular weight is 522 g/mol. The van der Waals surface area contributed by atoms with Crippen molar-refractivity contribution in [1.29, 1.82) is 0 Å². The van der Waals surface area contributed by atoms with Gasteiger partial charge in [0, 0.05) is 24.2 Å². The van der Waals surface area contributed by atoms with Gasteiger partial charge < -0.3 is 25.6 Å². The van der Waals surface area contributed by atoms with Gasteiger partial charge in [-0.3, -0.25) is 9.59 Å². The van der Waals surface area contributed by atoms with Crippen LogP contribution < -0.4 is 16.0 Å². The van der Waals surface area contributed by atoms with Gasteiger partial charge in [-0.15, -0.1) is 0 Å². The van der Waals surface area contributed by atoms with Gasteiger partial charge in [0.25, 0.3) is 5.91 Å². The number of fused-ring (bicyclic) bond motifs is 1. The minimum Gasteiger partial charge on any atom is -0.377 e. The van der Waals surface area contributed by atoms with Crippen LogP contribution in [0, 0.1) is 0 Å². The maximum absolute atomic E-state index is 13.2. The third-order valence-corrected chi connectivity index (χ3v) is 6.54. The summed E-state index contributed by atoms with van der Waals surface area (Å²) < 4.78 is 5.18. The average Bonchev–Trinajstić information content (AvgIpc) is 3.17. The molecule has 5 rings (SSSR count). The van der Waals surface area contributed by atoms with Crippen molar-refractivity contribution in [3.05, 3.63) is 64.4 Å². The van der Waals surface area contributed by atoms with Crippen LogP contribution in [0.5, 0.6) is 0 Å². The molecule has 192 valence electrons. The predicted molar refractivity (Wildman–Crippen MR) is 140 cm³/mol. The Labute approximate surface area is 219 Å². The largest absolute Gasteiger partial charge is 0.377 e. The first kappa shape index (κ1) is 24.9. The molecule has 1 fully saturated rings. The summed E-state index contributed by atoms with van der Waals surface area (Å²) in [5, 5.41) is 9.70. The lowest BCUT2D eigenvalue weighted by Crippen LogP contribution is -2.40. The van der Waals surface area contributed by atoms with Gasteiger partial charge in [0.1, 0.15) is 12.4 Å². The number of anilines is 2. The molecule has 10 nitrogen and oxygen atoms in total. The van der Waals surface area contributed by atoms with Crippen molar-refractivity contribution in [2.45, 2.75) is 32.5 Å². The van der Waals surface area contributed by atoms with Gasteiger partial charge in [-0.2, -0.15) is 0 Å². The quantitative estimate of drug-likeness (QED) is 0.392. The van der Waals surface area contributed by atoms with Crippen molar-refractivity contribution in [3.63, 3.8) is 0 Å². The van der Waals surface area contributed by atoms with E-state index in [0.29, 0.717) is 47.6 Å². The molecule has 2 aliphatic heterocycles. The molecule has 1 saturated heterocycles. The van der Waals surface area contributed by atoms with Crippen LogP contribution in [0.4, 0.5) is 11.8 Å². The summed E-state index contributed by atoms with van der Waals surface area (Å²) in [6.07, 6.45) is 1.54. The lowest BCUT2D eigenvalue weighted by Gasteiger charge is -2.26. The van der Waals surface area contributed by atoms with Crippen LogP contribution in [0.15, 0.2) is 42.6 Å². The third-order valence-electron chi connectivity index (χ3n) is 6.26. The van der Waals surface area contributed by atoms with Crippen LogP contribution in [0.3, 0.4) is 0 Å². The smallest absolute Gasteiger partial charge is 0.254 e. The van der Waals surface area contributed by atoms with E-state index in [9.17, 15) is 9.59 Å². The highest BCUT2D eigenvalue weighted by Gasteiger charge is 2.30. The summed E-state index contributed by atoms with van der Waals surface area (Å²) in [7, 11) is 0. The number of hydrogen-bond acceptors (Lipinski definition) is 8. The van der Waals surface area contributed by atoms with E-state index in [-0.39, 0.29) is 30.4 Å². The number of nitrogens with one attached hydrogen (secondary N) is 3. The molecule has 0 radical (unpaired) electrons. The van der Waals surface area contributed by atoms with Crippen molar-refractivity contribution < 1.29 is 14.3 Å². The lowest BCUT2D eigenvalue weighted by molar-refractivity contribution is -0.122. The molecule has 0 aliphatic carbocycles. The number of benzene rings is 1. The Hall–Kier alpha value is -3.76. The Kier molecular flexibility index (Phi) is 7.20. The number of rotatable bonds is 9. The normalized spacial score (nSPS) is 15.6. The van der Waals surface area contributed by atoms with E-state index in [1.807, 2.05) is 44.2 Å². The summed E-state index contributed by atoms with van der Waals surface area (Å²) in [6.45, 7) is 6.15. The zero-order valence-corrected chi connectivity index (χ0v) is 21.4. The molecule has 1 atom stereocenters. The fourth-order valence-electron chi connectivity index (χ4n) is 4.28. The molecule has 1 aromatic carbocycles. The van der Waals surface area contributed by atoms with E-state index < -0.39 is 0 Å². The highest BCUT2D eigenvalue weighted by Crippen LogP contribution is 2.31. The molecule has 0 unspecified atom stereocenters. The molecule has 11 heteroatoms. The van der Waals surface area contributed by atoms with Gasteiger partial charge in [-0.25, -0.2) is 15.0 Å². The number of halogens is 1. The molecule has 2 aliphatic rings. The van der Waals surface area contributed by atoms with Crippen LogP contribution in [0.2, 0.25) is 5.02 Å². The highest BCUT2D eigenvalue weighted by atomic mass is 35.5. The van der Waals surface area contributed by atoms with Crippen LogP contribution >= 0.6 is 11.6 Å². The lowest BCUT2D eigenvalue weighted by atomic mass is 10.0. The van der Waals surface area contributed by atoms with Gasteiger partial charge in [0.2, 0.25) is 11.9 Å². The van der Waals surface area contributed by atoms with E-state index in [1.54, 1.807) is 12.3 Å². The Morgan fingerprint density at radius 1 is 1.24 bits per heavy atom. The SMILES string of the molecule is CCNc1cccc([C@@H](C)NC(=O)CN2Cc3ccc(-c4nc(NC5COC5)ncc4Cl)cc3C2=O)n1.